The van der Waals surface area contributed by atoms with E-state index < -0.39 is 21.0 Å². The Morgan fingerprint density at radius 1 is 0.881 bits per heavy atom. The lowest BCUT2D eigenvalue weighted by Crippen LogP contribution is -2.32. The third kappa shape index (κ3) is 7.00. The molecular formula is C29H23Cl2N5O4S2. The highest BCUT2D eigenvalue weighted by Crippen LogP contribution is 2.32. The molecule has 0 aliphatic heterocycles. The Balaban J connectivity index is 1.61. The van der Waals surface area contributed by atoms with E-state index in [9.17, 15) is 18.5 Å². The fraction of sp³-hybridized carbons (Fsp3) is 0.103. The first-order valence-corrected chi connectivity index (χ1v) is 15.8. The summed E-state index contributed by atoms with van der Waals surface area (Å²) in [4.78, 5) is 10.7. The molecule has 1 aromatic heterocycles. The number of nitrogens with zero attached hydrogens (tertiary/aromatic N) is 4. The van der Waals surface area contributed by atoms with Crippen molar-refractivity contribution in [2.24, 2.45) is 0 Å². The van der Waals surface area contributed by atoms with E-state index in [1.807, 2.05) is 60.7 Å². The lowest BCUT2D eigenvalue weighted by molar-refractivity contribution is -0.384. The van der Waals surface area contributed by atoms with Crippen LogP contribution in [0.5, 0.6) is 0 Å². The second kappa shape index (κ2) is 13.1. The lowest BCUT2D eigenvalue weighted by atomic mass is 10.1. The van der Waals surface area contributed by atoms with Crippen LogP contribution in [0.15, 0.2) is 113 Å². The van der Waals surface area contributed by atoms with Crippen LogP contribution in [0.1, 0.15) is 23.0 Å². The van der Waals surface area contributed by atoms with E-state index in [0.29, 0.717) is 22.4 Å². The molecule has 0 bridgehead atoms. The number of sulfonamides is 1. The van der Waals surface area contributed by atoms with Gasteiger partial charge in [0.25, 0.3) is 5.69 Å². The molecule has 4 aromatic carbocycles. The van der Waals surface area contributed by atoms with Crippen molar-refractivity contribution in [2.75, 3.05) is 0 Å². The van der Waals surface area contributed by atoms with Crippen molar-refractivity contribution in [3.63, 3.8) is 0 Å². The number of rotatable bonds is 11. The molecule has 5 rings (SSSR count). The van der Waals surface area contributed by atoms with Gasteiger partial charge in [-0.1, -0.05) is 95.6 Å². The molecule has 0 fully saturated rings. The maximum atomic E-state index is 13.7. The van der Waals surface area contributed by atoms with Gasteiger partial charge in [-0.25, -0.2) is 13.1 Å². The topological polar surface area (TPSA) is 120 Å². The summed E-state index contributed by atoms with van der Waals surface area (Å²) in [6.07, 6.45) is 0.229. The minimum Gasteiger partial charge on any atom is -0.273 e. The zero-order valence-electron chi connectivity index (χ0n) is 21.8. The Kier molecular flexibility index (Phi) is 9.24. The molecule has 1 atom stereocenters. The van der Waals surface area contributed by atoms with Crippen LogP contribution in [0.2, 0.25) is 10.0 Å². The van der Waals surface area contributed by atoms with Crippen LogP contribution in [-0.2, 0) is 22.2 Å². The molecule has 1 unspecified atom stereocenters. The highest BCUT2D eigenvalue weighted by Gasteiger charge is 2.29. The van der Waals surface area contributed by atoms with Crippen LogP contribution < -0.4 is 4.72 Å². The number of hydrogen-bond donors (Lipinski definition) is 1. The zero-order valence-corrected chi connectivity index (χ0v) is 24.9. The van der Waals surface area contributed by atoms with E-state index in [0.717, 1.165) is 11.1 Å². The normalized spacial score (nSPS) is 12.2. The van der Waals surface area contributed by atoms with Gasteiger partial charge in [0.1, 0.15) is 4.90 Å². The van der Waals surface area contributed by atoms with E-state index in [1.165, 1.54) is 42.1 Å². The fourth-order valence-corrected chi connectivity index (χ4v) is 7.13. The number of hydrogen-bond acceptors (Lipinski definition) is 7. The van der Waals surface area contributed by atoms with Crippen LogP contribution in [0.4, 0.5) is 5.69 Å². The Hall–Kier alpha value is -3.74. The van der Waals surface area contributed by atoms with E-state index in [4.69, 9.17) is 23.2 Å². The highest BCUT2D eigenvalue weighted by molar-refractivity contribution is 7.98. The molecule has 0 aliphatic rings. The Labute approximate surface area is 256 Å². The third-order valence-electron chi connectivity index (χ3n) is 6.26. The van der Waals surface area contributed by atoms with Crippen molar-refractivity contribution in [1.82, 2.24) is 19.5 Å². The molecule has 0 amide bonds. The number of non-ortho nitro benzene ring substituents is 1. The maximum absolute atomic E-state index is 13.7. The monoisotopic (exact) mass is 639 g/mol. The van der Waals surface area contributed by atoms with Crippen molar-refractivity contribution >= 4 is 50.7 Å². The third-order valence-corrected chi connectivity index (χ3v) is 9.45. The average Bonchev–Trinajstić information content (AvgIpc) is 3.42. The number of thioether (sulfide) groups is 1. The molecule has 1 heterocycles. The molecule has 0 spiro atoms. The summed E-state index contributed by atoms with van der Waals surface area (Å²) in [7, 11) is -4.19. The van der Waals surface area contributed by atoms with Crippen molar-refractivity contribution in [2.45, 2.75) is 28.3 Å². The maximum Gasteiger partial charge on any atom is 0.269 e. The van der Waals surface area contributed by atoms with Crippen molar-refractivity contribution in [1.29, 1.82) is 0 Å². The number of nitro benzene ring substituents is 1. The average molecular weight is 641 g/mol. The van der Waals surface area contributed by atoms with Crippen molar-refractivity contribution < 1.29 is 13.3 Å². The molecule has 214 valence electrons. The Morgan fingerprint density at radius 2 is 1.52 bits per heavy atom. The van der Waals surface area contributed by atoms with Crippen LogP contribution >= 0.6 is 35.0 Å². The van der Waals surface area contributed by atoms with Gasteiger partial charge in [0.2, 0.25) is 10.0 Å². The van der Waals surface area contributed by atoms with Crippen LogP contribution in [-0.4, -0.2) is 28.1 Å². The molecular weight excluding hydrogens is 617 g/mol. The van der Waals surface area contributed by atoms with Gasteiger partial charge in [-0.05, 0) is 47.9 Å². The molecule has 13 heteroatoms. The van der Waals surface area contributed by atoms with E-state index in [-0.39, 0.29) is 27.0 Å². The SMILES string of the molecule is O=[N+]([O-])c1ccc(-n2c(SCc3ccccc3)nnc2C(Cc2ccccc2)NS(=O)(=O)c2cc(Cl)ccc2Cl)cc1. The molecule has 0 saturated carbocycles. The van der Waals surface area contributed by atoms with Crippen LogP contribution in [0.3, 0.4) is 0 Å². The highest BCUT2D eigenvalue weighted by atomic mass is 35.5. The van der Waals surface area contributed by atoms with Gasteiger partial charge < -0.3 is 0 Å². The van der Waals surface area contributed by atoms with E-state index >= 15 is 0 Å². The molecule has 9 nitrogen and oxygen atoms in total. The van der Waals surface area contributed by atoms with Gasteiger partial charge in [-0.3, -0.25) is 14.7 Å². The number of benzene rings is 4. The number of halogens is 2. The Morgan fingerprint density at radius 3 is 2.17 bits per heavy atom. The first-order valence-electron chi connectivity index (χ1n) is 12.6. The fourth-order valence-electron chi connectivity index (χ4n) is 4.26. The minimum absolute atomic E-state index is 0.0151. The summed E-state index contributed by atoms with van der Waals surface area (Å²) >= 11 is 13.8. The van der Waals surface area contributed by atoms with Crippen LogP contribution in [0.25, 0.3) is 5.69 Å². The molecule has 42 heavy (non-hydrogen) atoms. The van der Waals surface area contributed by atoms with Gasteiger partial charge in [0, 0.05) is 28.6 Å². The molecule has 5 aromatic rings. The molecule has 0 radical (unpaired) electrons. The summed E-state index contributed by atoms with van der Waals surface area (Å²) in [5.74, 6) is 0.865. The summed E-state index contributed by atoms with van der Waals surface area (Å²) in [6.45, 7) is 0. The first kappa shape index (κ1) is 29.7. The predicted octanol–water partition coefficient (Wildman–Crippen LogP) is 7.04. The van der Waals surface area contributed by atoms with Gasteiger partial charge in [-0.15, -0.1) is 10.2 Å². The second-order valence-corrected chi connectivity index (χ2v) is 12.6. The standard InChI is InChI=1S/C29H23Cl2N5O4S2/c30-22-11-16-25(31)27(18-22)42(39,40)34-26(17-20-7-3-1-4-8-20)28-32-33-29(41-19-21-9-5-2-6-10-21)35(28)23-12-14-24(15-13-23)36(37)38/h1-16,18,26,34H,17,19H2. The summed E-state index contributed by atoms with van der Waals surface area (Å²) in [6, 6.07) is 28.4. The van der Waals surface area contributed by atoms with Crippen molar-refractivity contribution in [3.8, 4) is 5.69 Å². The lowest BCUT2D eigenvalue weighted by Gasteiger charge is -2.21. The van der Waals surface area contributed by atoms with E-state index in [1.54, 1.807) is 16.7 Å². The van der Waals surface area contributed by atoms with Gasteiger partial charge in [-0.2, -0.15) is 0 Å². The van der Waals surface area contributed by atoms with Gasteiger partial charge in [0.15, 0.2) is 11.0 Å². The first-order chi connectivity index (χ1) is 20.2. The second-order valence-electron chi connectivity index (χ2n) is 9.16. The summed E-state index contributed by atoms with van der Waals surface area (Å²) in [5, 5.41) is 20.9. The van der Waals surface area contributed by atoms with Crippen LogP contribution in [0, 0.1) is 10.1 Å². The van der Waals surface area contributed by atoms with E-state index in [2.05, 4.69) is 14.9 Å². The number of nitro groups is 1. The number of aromatic nitrogens is 3. The quantitative estimate of drug-likeness (QED) is 0.0935. The van der Waals surface area contributed by atoms with Crippen molar-refractivity contribution in [3.05, 3.63) is 140 Å². The molecule has 0 saturated heterocycles. The number of nitrogens with one attached hydrogen (secondary N) is 1. The Bertz CT molecular complexity index is 1800. The minimum atomic E-state index is -4.19. The predicted molar refractivity (Wildman–Crippen MR) is 164 cm³/mol. The largest absolute Gasteiger partial charge is 0.273 e. The van der Waals surface area contributed by atoms with Gasteiger partial charge >= 0.3 is 0 Å². The summed E-state index contributed by atoms with van der Waals surface area (Å²) < 4.78 is 31.8. The molecule has 0 aliphatic carbocycles. The zero-order chi connectivity index (χ0) is 29.7. The van der Waals surface area contributed by atoms with Gasteiger partial charge in [0.05, 0.1) is 16.0 Å². The smallest absolute Gasteiger partial charge is 0.269 e. The molecule has 1 N–H and O–H groups in total. The summed E-state index contributed by atoms with van der Waals surface area (Å²) in [5.41, 5.74) is 2.36.